The van der Waals surface area contributed by atoms with Gasteiger partial charge >= 0.3 is 11.9 Å². The van der Waals surface area contributed by atoms with Crippen molar-refractivity contribution in [2.45, 2.75) is 53.2 Å². The van der Waals surface area contributed by atoms with Crippen LogP contribution in [0.3, 0.4) is 0 Å². The molecule has 0 spiro atoms. The summed E-state index contributed by atoms with van der Waals surface area (Å²) in [5.41, 5.74) is 1.42. The van der Waals surface area contributed by atoms with Crippen LogP contribution in [0.5, 0.6) is 0 Å². The van der Waals surface area contributed by atoms with Crippen LogP contribution in [0, 0.1) is 17.3 Å². The quantitative estimate of drug-likeness (QED) is 0.569. The smallest absolute Gasteiger partial charge is 0.333 e. The molecule has 1 fully saturated rings. The first-order valence-corrected chi connectivity index (χ1v) is 8.69. The number of fused-ring (bicyclic) bond motifs is 3. The lowest BCUT2D eigenvalue weighted by atomic mass is 9.72. The highest BCUT2D eigenvalue weighted by atomic mass is 16.6. The molecule has 0 unspecified atom stereocenters. The first-order valence-electron chi connectivity index (χ1n) is 8.69. The van der Waals surface area contributed by atoms with Crippen molar-refractivity contribution in [3.05, 3.63) is 34.9 Å². The third-order valence-corrected chi connectivity index (χ3v) is 5.88. The molecular formula is C20H24O5. The molecule has 0 aromatic heterocycles. The normalized spacial score (nSPS) is 37.6. The van der Waals surface area contributed by atoms with Crippen molar-refractivity contribution in [3.8, 4) is 0 Å². The first-order chi connectivity index (χ1) is 11.7. The van der Waals surface area contributed by atoms with Crippen LogP contribution in [-0.2, 0) is 23.9 Å². The molecule has 5 nitrogen and oxygen atoms in total. The van der Waals surface area contributed by atoms with Gasteiger partial charge in [0.25, 0.3) is 0 Å². The van der Waals surface area contributed by atoms with Gasteiger partial charge in [0.1, 0.15) is 12.2 Å². The summed E-state index contributed by atoms with van der Waals surface area (Å²) in [7, 11) is 0. The summed E-state index contributed by atoms with van der Waals surface area (Å²) < 4.78 is 11.5. The summed E-state index contributed by atoms with van der Waals surface area (Å²) in [5.74, 6) is -1.41. The fourth-order valence-corrected chi connectivity index (χ4v) is 4.37. The summed E-state index contributed by atoms with van der Waals surface area (Å²) in [5, 5.41) is 0. The summed E-state index contributed by atoms with van der Waals surface area (Å²) in [6.07, 6.45) is 4.52. The van der Waals surface area contributed by atoms with E-state index in [1.165, 1.54) is 0 Å². The Morgan fingerprint density at radius 1 is 1.40 bits per heavy atom. The second kappa shape index (κ2) is 5.97. The van der Waals surface area contributed by atoms with E-state index in [9.17, 15) is 14.4 Å². The second-order valence-corrected chi connectivity index (χ2v) is 7.48. The van der Waals surface area contributed by atoms with Crippen LogP contribution in [0.15, 0.2) is 34.9 Å². The minimum absolute atomic E-state index is 0.0500. The third-order valence-electron chi connectivity index (χ3n) is 5.88. The van der Waals surface area contributed by atoms with Crippen LogP contribution in [0.25, 0.3) is 0 Å². The van der Waals surface area contributed by atoms with E-state index in [4.69, 9.17) is 9.47 Å². The molecule has 5 heteroatoms. The molecule has 0 radical (unpaired) electrons. The van der Waals surface area contributed by atoms with E-state index in [-0.39, 0.29) is 23.6 Å². The molecule has 1 saturated heterocycles. The van der Waals surface area contributed by atoms with Crippen LogP contribution >= 0.6 is 0 Å². The van der Waals surface area contributed by atoms with Gasteiger partial charge in [0.05, 0.1) is 11.3 Å². The van der Waals surface area contributed by atoms with E-state index < -0.39 is 23.6 Å². The number of rotatable bonds is 2. The first kappa shape index (κ1) is 17.6. The molecule has 5 atom stereocenters. The van der Waals surface area contributed by atoms with Gasteiger partial charge in [0.2, 0.25) is 0 Å². The summed E-state index contributed by atoms with van der Waals surface area (Å²) in [6.45, 7) is 9.11. The topological polar surface area (TPSA) is 69.7 Å². The Hall–Kier alpha value is -2.17. The molecule has 0 N–H and O–H groups in total. The molecule has 1 heterocycles. The van der Waals surface area contributed by atoms with Crippen molar-refractivity contribution in [1.29, 1.82) is 0 Å². The van der Waals surface area contributed by atoms with Gasteiger partial charge in [0, 0.05) is 23.5 Å². The highest BCUT2D eigenvalue weighted by molar-refractivity contribution is 6.09. The van der Waals surface area contributed by atoms with Crippen LogP contribution in [0.1, 0.15) is 41.0 Å². The van der Waals surface area contributed by atoms with Gasteiger partial charge in [-0.15, -0.1) is 0 Å². The Labute approximate surface area is 147 Å². The van der Waals surface area contributed by atoms with Crippen molar-refractivity contribution in [1.82, 2.24) is 0 Å². The Bertz CT molecular complexity index is 741. The van der Waals surface area contributed by atoms with Gasteiger partial charge in [-0.1, -0.05) is 24.6 Å². The molecule has 0 amide bonds. The zero-order chi connectivity index (χ0) is 18.5. The second-order valence-electron chi connectivity index (χ2n) is 7.48. The minimum Gasteiger partial charge on any atom is -0.460 e. The van der Waals surface area contributed by atoms with Crippen LogP contribution in [0.2, 0.25) is 0 Å². The molecule has 3 aliphatic rings. The lowest BCUT2D eigenvalue weighted by Gasteiger charge is -2.34. The molecule has 134 valence electrons. The molecule has 1 aliphatic heterocycles. The third kappa shape index (κ3) is 2.57. The van der Waals surface area contributed by atoms with Gasteiger partial charge in [-0.25, -0.2) is 4.79 Å². The predicted octanol–water partition coefficient (Wildman–Crippen LogP) is 2.91. The monoisotopic (exact) mass is 344 g/mol. The summed E-state index contributed by atoms with van der Waals surface area (Å²) in [4.78, 5) is 37.0. The maximum Gasteiger partial charge on any atom is 0.333 e. The molecule has 0 bridgehead atoms. The number of ketones is 1. The largest absolute Gasteiger partial charge is 0.460 e. The molecule has 2 aliphatic carbocycles. The standard InChI is InChI=1S/C20H24O5/c1-6-10(2)18(22)24-14-9-11(3)16-13(21)7-8-20(16,5)17-15(14)12(4)19(23)25-17/h6-8,12,14-15,17H,9H2,1-5H3/b10-6+/t12-,14-,15+,17-,20+/m0/s1. The number of ether oxygens (including phenoxy) is 2. The predicted molar refractivity (Wildman–Crippen MR) is 91.4 cm³/mol. The van der Waals surface area contributed by atoms with Crippen LogP contribution in [0.4, 0.5) is 0 Å². The fraction of sp³-hybridized carbons (Fsp3) is 0.550. The van der Waals surface area contributed by atoms with Gasteiger partial charge in [-0.05, 0) is 33.8 Å². The number of allylic oxidation sites excluding steroid dienone is 2. The van der Waals surface area contributed by atoms with Crippen LogP contribution in [-0.4, -0.2) is 29.9 Å². The molecule has 0 aromatic rings. The highest BCUT2D eigenvalue weighted by Crippen LogP contribution is 2.53. The van der Waals surface area contributed by atoms with Gasteiger partial charge in [0.15, 0.2) is 5.78 Å². The van der Waals surface area contributed by atoms with Crippen molar-refractivity contribution >= 4 is 17.7 Å². The maximum absolute atomic E-state index is 12.4. The number of hydrogen-bond acceptors (Lipinski definition) is 5. The van der Waals surface area contributed by atoms with E-state index in [1.807, 2.05) is 19.9 Å². The molecule has 0 aromatic carbocycles. The Morgan fingerprint density at radius 3 is 2.72 bits per heavy atom. The van der Waals surface area contributed by atoms with E-state index >= 15 is 0 Å². The summed E-state index contributed by atoms with van der Waals surface area (Å²) in [6, 6.07) is 0. The number of esters is 2. The van der Waals surface area contributed by atoms with Gasteiger partial charge in [-0.2, -0.15) is 0 Å². The average molecular weight is 344 g/mol. The summed E-state index contributed by atoms with van der Waals surface area (Å²) >= 11 is 0. The SMILES string of the molecule is C/C=C(\C)C(=O)O[C@H]1CC(C)=C2C(=O)C=C[C@@]2(C)[C@H]2OC(=O)[C@@H](C)[C@H]12. The molecule has 3 rings (SSSR count). The van der Waals surface area contributed by atoms with Crippen molar-refractivity contribution in [2.24, 2.45) is 17.3 Å². The Kier molecular flexibility index (Phi) is 4.21. The lowest BCUT2D eigenvalue weighted by Crippen LogP contribution is -2.41. The maximum atomic E-state index is 12.4. The average Bonchev–Trinajstić information content (AvgIpc) is 3.01. The number of hydrogen-bond donors (Lipinski definition) is 0. The van der Waals surface area contributed by atoms with Crippen molar-refractivity contribution < 1.29 is 23.9 Å². The van der Waals surface area contributed by atoms with E-state index in [0.29, 0.717) is 17.6 Å². The van der Waals surface area contributed by atoms with Crippen molar-refractivity contribution in [2.75, 3.05) is 0 Å². The Morgan fingerprint density at radius 2 is 2.08 bits per heavy atom. The van der Waals surface area contributed by atoms with E-state index in [0.717, 1.165) is 5.57 Å². The zero-order valence-electron chi connectivity index (χ0n) is 15.3. The zero-order valence-corrected chi connectivity index (χ0v) is 15.3. The van der Waals surface area contributed by atoms with E-state index in [2.05, 4.69) is 0 Å². The highest BCUT2D eigenvalue weighted by Gasteiger charge is 2.59. The van der Waals surface area contributed by atoms with E-state index in [1.54, 1.807) is 32.9 Å². The number of carbonyl (C=O) groups is 3. The van der Waals surface area contributed by atoms with Gasteiger partial charge in [-0.3, -0.25) is 9.59 Å². The minimum atomic E-state index is -0.664. The van der Waals surface area contributed by atoms with Gasteiger partial charge < -0.3 is 9.47 Å². The van der Waals surface area contributed by atoms with Crippen molar-refractivity contribution in [3.63, 3.8) is 0 Å². The number of carbonyl (C=O) groups excluding carboxylic acids is 3. The molecule has 25 heavy (non-hydrogen) atoms. The molecule has 0 saturated carbocycles. The lowest BCUT2D eigenvalue weighted by molar-refractivity contribution is -0.149. The molecular weight excluding hydrogens is 320 g/mol. The Balaban J connectivity index is 2.05. The van der Waals surface area contributed by atoms with Crippen LogP contribution < -0.4 is 0 Å². The fourth-order valence-electron chi connectivity index (χ4n) is 4.37.